The fourth-order valence-corrected chi connectivity index (χ4v) is 3.08. The summed E-state index contributed by atoms with van der Waals surface area (Å²) in [5.74, 6) is 0.882. The molecule has 0 unspecified atom stereocenters. The highest BCUT2D eigenvalue weighted by Crippen LogP contribution is 2.20. The molecule has 4 rings (SSSR count). The lowest BCUT2D eigenvalue weighted by Crippen LogP contribution is -2.36. The molecule has 0 saturated carbocycles. The van der Waals surface area contributed by atoms with E-state index in [1.54, 1.807) is 23.0 Å². The van der Waals surface area contributed by atoms with Gasteiger partial charge in [0.2, 0.25) is 11.9 Å². The molecule has 8 nitrogen and oxygen atoms in total. The molecule has 1 aliphatic heterocycles. The number of nitrogens with one attached hydrogen (secondary N) is 2. The van der Waals surface area contributed by atoms with Crippen LogP contribution in [0.5, 0.6) is 0 Å². The number of likely N-dealkylation sites (tertiary alicyclic amines) is 1. The van der Waals surface area contributed by atoms with Crippen molar-refractivity contribution in [1.82, 2.24) is 24.6 Å². The summed E-state index contributed by atoms with van der Waals surface area (Å²) >= 11 is 0. The molecular formula is C21H23N7O. The molecule has 2 aromatic heterocycles. The molecule has 0 aliphatic carbocycles. The van der Waals surface area contributed by atoms with Crippen molar-refractivity contribution in [2.75, 3.05) is 23.7 Å². The van der Waals surface area contributed by atoms with E-state index in [-0.39, 0.29) is 5.91 Å². The second-order valence-corrected chi connectivity index (χ2v) is 6.95. The zero-order valence-electron chi connectivity index (χ0n) is 16.3. The van der Waals surface area contributed by atoms with Gasteiger partial charge in [-0.25, -0.2) is 9.67 Å². The van der Waals surface area contributed by atoms with Crippen LogP contribution in [0.1, 0.15) is 17.7 Å². The van der Waals surface area contributed by atoms with Gasteiger partial charge < -0.3 is 10.6 Å². The molecule has 2 N–H and O–H groups in total. The minimum Gasteiger partial charge on any atom is -0.324 e. The maximum atomic E-state index is 11.5. The molecule has 8 heteroatoms. The molecule has 1 saturated heterocycles. The Labute approximate surface area is 169 Å². The number of anilines is 3. The number of hydrogen-bond acceptors (Lipinski definition) is 6. The van der Waals surface area contributed by atoms with E-state index in [4.69, 9.17) is 0 Å². The monoisotopic (exact) mass is 389 g/mol. The molecule has 3 aromatic rings. The summed E-state index contributed by atoms with van der Waals surface area (Å²) in [6, 6.07) is 9.15. The van der Waals surface area contributed by atoms with Crippen molar-refractivity contribution >= 4 is 23.2 Å². The number of rotatable bonds is 7. The van der Waals surface area contributed by atoms with Gasteiger partial charge in [0.15, 0.2) is 5.82 Å². The van der Waals surface area contributed by atoms with E-state index in [2.05, 4.69) is 37.2 Å². The number of carbonyl (C=O) groups excluding carboxylic acids is 1. The first-order valence-electron chi connectivity index (χ1n) is 9.52. The number of aryl methyl sites for hydroxylation is 1. The van der Waals surface area contributed by atoms with Gasteiger partial charge in [-0.3, -0.25) is 9.69 Å². The number of hydrogen-bond donors (Lipinski definition) is 2. The van der Waals surface area contributed by atoms with Crippen LogP contribution in [0.2, 0.25) is 0 Å². The largest absolute Gasteiger partial charge is 0.324 e. The second-order valence-electron chi connectivity index (χ2n) is 6.95. The first-order valence-corrected chi connectivity index (χ1v) is 9.52. The minimum atomic E-state index is -0.261. The molecule has 0 spiro atoms. The van der Waals surface area contributed by atoms with E-state index >= 15 is 0 Å². The molecule has 3 heterocycles. The van der Waals surface area contributed by atoms with Crippen molar-refractivity contribution in [2.45, 2.75) is 19.9 Å². The quantitative estimate of drug-likeness (QED) is 0.604. The standard InChI is InChI=1S/C21H23N7O/c1-3-20(29)23-17-6-4-7-18(12-17)24-21-22-9-8-19(25-21)28-14-16(15(2)26-28)13-27-10-5-11-27/h3-4,6-9,12,14H,1,5,10-11,13H2,2H3,(H,23,29)(H,22,24,25). The average molecular weight is 389 g/mol. The Morgan fingerprint density at radius 1 is 1.28 bits per heavy atom. The lowest BCUT2D eigenvalue weighted by Gasteiger charge is -2.30. The topological polar surface area (TPSA) is 88.0 Å². The maximum absolute atomic E-state index is 11.5. The third kappa shape index (κ3) is 4.49. The van der Waals surface area contributed by atoms with Crippen molar-refractivity contribution in [1.29, 1.82) is 0 Å². The fourth-order valence-electron chi connectivity index (χ4n) is 3.08. The van der Waals surface area contributed by atoms with Crippen LogP contribution in [0.15, 0.2) is 55.4 Å². The lowest BCUT2D eigenvalue weighted by atomic mass is 10.1. The predicted octanol–water partition coefficient (Wildman–Crippen LogP) is 3.04. The highest BCUT2D eigenvalue weighted by atomic mass is 16.1. The average Bonchev–Trinajstić information content (AvgIpc) is 3.06. The SMILES string of the molecule is C=CC(=O)Nc1cccc(Nc2nccc(-n3cc(CN4CCC4)c(C)n3)n2)c1. The van der Waals surface area contributed by atoms with Gasteiger partial charge >= 0.3 is 0 Å². The molecule has 1 fully saturated rings. The van der Waals surface area contributed by atoms with Gasteiger partial charge in [0.1, 0.15) is 0 Å². The number of nitrogens with zero attached hydrogens (tertiary/aromatic N) is 5. The highest BCUT2D eigenvalue weighted by molar-refractivity contribution is 5.99. The van der Waals surface area contributed by atoms with Gasteiger partial charge in [0.05, 0.1) is 5.69 Å². The Morgan fingerprint density at radius 3 is 2.86 bits per heavy atom. The van der Waals surface area contributed by atoms with Crippen LogP contribution in [0.3, 0.4) is 0 Å². The van der Waals surface area contributed by atoms with Crippen LogP contribution in [0.4, 0.5) is 17.3 Å². The number of benzene rings is 1. The summed E-state index contributed by atoms with van der Waals surface area (Å²) < 4.78 is 1.79. The molecular weight excluding hydrogens is 366 g/mol. The van der Waals surface area contributed by atoms with E-state index in [0.717, 1.165) is 31.0 Å². The smallest absolute Gasteiger partial charge is 0.247 e. The van der Waals surface area contributed by atoms with E-state index in [9.17, 15) is 4.79 Å². The van der Waals surface area contributed by atoms with E-state index in [0.29, 0.717) is 17.5 Å². The van der Waals surface area contributed by atoms with Crippen LogP contribution in [-0.4, -0.2) is 43.6 Å². The first kappa shape index (κ1) is 18.8. The van der Waals surface area contributed by atoms with Gasteiger partial charge in [-0.1, -0.05) is 12.6 Å². The summed E-state index contributed by atoms with van der Waals surface area (Å²) in [6.45, 7) is 8.71. The van der Waals surface area contributed by atoms with Crippen LogP contribution in [0, 0.1) is 6.92 Å². The Balaban J connectivity index is 1.50. The van der Waals surface area contributed by atoms with E-state index in [1.807, 2.05) is 31.3 Å². The van der Waals surface area contributed by atoms with Gasteiger partial charge in [-0.05, 0) is 50.7 Å². The lowest BCUT2D eigenvalue weighted by molar-refractivity contribution is -0.111. The van der Waals surface area contributed by atoms with Gasteiger partial charge in [0, 0.05) is 41.9 Å². The van der Waals surface area contributed by atoms with Crippen LogP contribution >= 0.6 is 0 Å². The van der Waals surface area contributed by atoms with Crippen LogP contribution < -0.4 is 10.6 Å². The van der Waals surface area contributed by atoms with Crippen molar-refractivity contribution in [3.05, 3.63) is 66.6 Å². The molecule has 0 atom stereocenters. The Kier molecular flexibility index (Phi) is 5.35. The van der Waals surface area contributed by atoms with Crippen LogP contribution in [-0.2, 0) is 11.3 Å². The molecule has 1 aromatic carbocycles. The van der Waals surface area contributed by atoms with Crippen LogP contribution in [0.25, 0.3) is 5.82 Å². The fraction of sp³-hybridized carbons (Fsp3) is 0.238. The molecule has 0 radical (unpaired) electrons. The summed E-state index contributed by atoms with van der Waals surface area (Å²) in [7, 11) is 0. The first-order chi connectivity index (χ1) is 14.1. The van der Waals surface area contributed by atoms with E-state index in [1.165, 1.54) is 18.1 Å². The highest BCUT2D eigenvalue weighted by Gasteiger charge is 2.17. The zero-order chi connectivity index (χ0) is 20.2. The van der Waals surface area contributed by atoms with Crippen molar-refractivity contribution < 1.29 is 4.79 Å². The number of carbonyl (C=O) groups is 1. The minimum absolute atomic E-state index is 0.261. The van der Waals surface area contributed by atoms with E-state index < -0.39 is 0 Å². The molecule has 1 amide bonds. The molecule has 1 aliphatic rings. The predicted molar refractivity (Wildman–Crippen MR) is 112 cm³/mol. The second kappa shape index (κ2) is 8.24. The van der Waals surface area contributed by atoms with Gasteiger partial charge in [0.25, 0.3) is 0 Å². The Bertz CT molecular complexity index is 1040. The van der Waals surface area contributed by atoms with Gasteiger partial charge in [-0.15, -0.1) is 0 Å². The summed E-state index contributed by atoms with van der Waals surface area (Å²) in [6.07, 6.45) is 6.23. The third-order valence-corrected chi connectivity index (χ3v) is 4.79. The van der Waals surface area contributed by atoms with Crippen molar-refractivity contribution in [2.24, 2.45) is 0 Å². The summed E-state index contributed by atoms with van der Waals surface area (Å²) in [4.78, 5) is 22.8. The Hall–Kier alpha value is -3.52. The summed E-state index contributed by atoms with van der Waals surface area (Å²) in [5, 5.41) is 10.5. The molecule has 148 valence electrons. The summed E-state index contributed by atoms with van der Waals surface area (Å²) in [5.41, 5.74) is 3.65. The third-order valence-electron chi connectivity index (χ3n) is 4.79. The normalized spacial score (nSPS) is 13.6. The zero-order valence-corrected chi connectivity index (χ0v) is 16.3. The number of aromatic nitrogens is 4. The Morgan fingerprint density at radius 2 is 2.10 bits per heavy atom. The number of amides is 1. The maximum Gasteiger partial charge on any atom is 0.247 e. The van der Waals surface area contributed by atoms with Gasteiger partial charge in [-0.2, -0.15) is 10.1 Å². The van der Waals surface area contributed by atoms with Crippen molar-refractivity contribution in [3.63, 3.8) is 0 Å². The molecule has 29 heavy (non-hydrogen) atoms. The van der Waals surface area contributed by atoms with Crippen molar-refractivity contribution in [3.8, 4) is 5.82 Å². The molecule has 0 bridgehead atoms.